The van der Waals surface area contributed by atoms with Crippen molar-refractivity contribution in [1.29, 1.82) is 0 Å². The molecule has 0 aromatic rings. The molecule has 4 saturated carbocycles. The van der Waals surface area contributed by atoms with Gasteiger partial charge in [-0.3, -0.25) is 0 Å². The summed E-state index contributed by atoms with van der Waals surface area (Å²) in [6.07, 6.45) is -11.0. The van der Waals surface area contributed by atoms with Crippen molar-refractivity contribution in [3.05, 3.63) is 11.6 Å². The molecule has 24 atom stereocenters. The monoisotopic (exact) mass is 898 g/mol. The van der Waals surface area contributed by atoms with Gasteiger partial charge in [0, 0.05) is 24.2 Å². The van der Waals surface area contributed by atoms with E-state index in [0.717, 1.165) is 44.1 Å². The Morgan fingerprint density at radius 1 is 0.714 bits per heavy atom. The minimum absolute atomic E-state index is 0.0626. The molecule has 2 bridgehead atoms. The van der Waals surface area contributed by atoms with Crippen LogP contribution in [0.3, 0.4) is 0 Å². The quantitative estimate of drug-likeness (QED) is 0.114. The van der Waals surface area contributed by atoms with Crippen molar-refractivity contribution in [2.75, 3.05) is 26.4 Å². The summed E-state index contributed by atoms with van der Waals surface area (Å²) in [5.74, 6) is -0.0237. The maximum atomic E-state index is 12.2. The van der Waals surface area contributed by atoms with E-state index in [1.165, 1.54) is 0 Å². The lowest BCUT2D eigenvalue weighted by Crippen LogP contribution is -2.67. The third-order valence-corrected chi connectivity index (χ3v) is 18.4. The van der Waals surface area contributed by atoms with E-state index in [1.54, 1.807) is 0 Å². The molecule has 17 nitrogen and oxygen atoms in total. The second kappa shape index (κ2) is 16.4. The Labute approximate surface area is 369 Å². The Kier molecular flexibility index (Phi) is 12.2. The molecule has 0 aromatic heterocycles. The highest BCUT2D eigenvalue weighted by Gasteiger charge is 2.81. The molecule has 0 aromatic carbocycles. The molecular formula is C46H74O17. The van der Waals surface area contributed by atoms with Gasteiger partial charge in [0.2, 0.25) is 0 Å². The van der Waals surface area contributed by atoms with Gasteiger partial charge in [-0.15, -0.1) is 0 Å². The summed E-state index contributed by atoms with van der Waals surface area (Å²) >= 11 is 0. The van der Waals surface area contributed by atoms with Crippen molar-refractivity contribution in [3.8, 4) is 0 Å². The molecule has 4 aliphatic carbocycles. The molecule has 2 spiro atoms. The van der Waals surface area contributed by atoms with E-state index in [0.29, 0.717) is 25.4 Å². The van der Waals surface area contributed by atoms with Crippen molar-refractivity contribution in [3.63, 3.8) is 0 Å². The fourth-order valence-corrected chi connectivity index (χ4v) is 15.6. The summed E-state index contributed by atoms with van der Waals surface area (Å²) < 4.78 is 50.7. The smallest absolute Gasteiger partial charge is 0.187 e. The van der Waals surface area contributed by atoms with Gasteiger partial charge in [0.05, 0.1) is 44.2 Å². The van der Waals surface area contributed by atoms with Crippen LogP contribution in [0.2, 0.25) is 0 Å². The van der Waals surface area contributed by atoms with Crippen LogP contribution in [-0.4, -0.2) is 176 Å². The molecule has 9 fully saturated rings. The average molecular weight is 899 g/mol. The minimum atomic E-state index is -1.79. The average Bonchev–Trinajstić information content (AvgIpc) is 3.83. The van der Waals surface area contributed by atoms with Crippen LogP contribution >= 0.6 is 0 Å². The highest BCUT2D eigenvalue weighted by Crippen LogP contribution is 2.80. The number of ether oxygens (including phenoxy) is 8. The van der Waals surface area contributed by atoms with Crippen LogP contribution in [0.25, 0.3) is 0 Å². The number of aliphatic hydroxyl groups excluding tert-OH is 8. The van der Waals surface area contributed by atoms with Gasteiger partial charge in [0.25, 0.3) is 0 Å². The van der Waals surface area contributed by atoms with Crippen molar-refractivity contribution < 1.29 is 83.9 Å². The van der Waals surface area contributed by atoms with Crippen LogP contribution in [-0.2, 0) is 37.9 Å². The zero-order valence-corrected chi connectivity index (χ0v) is 37.8. The topological polar surface area (TPSA) is 256 Å². The van der Waals surface area contributed by atoms with E-state index in [2.05, 4.69) is 47.6 Å². The number of rotatable bonds is 9. The zero-order chi connectivity index (χ0) is 45.4. The Hall–Kier alpha value is -0.940. The first-order valence-electron chi connectivity index (χ1n) is 23.5. The standard InChI is InChI=1S/C46H74O17/c1-21(2)14-22-15-44(7,55)37-23-8-9-28-42(5)12-11-29(41(3,4)27(42)10-13-43(28,6)45(23)19-46(37,63-22)57-20-45)60-40-36(62-38-33(53)31(51)26(17-48)59-38)35(24(49)18-56-40)61-39-34(54)32(52)30(50)25(16-47)58-39/h14,22-40,47-55H,8-13,15-20H2,1-7H3/t22?,23?,24-,25?,26-,27?,28?,29-,30+,31?,32?,33-,34-,35?,36-,37?,38-,39-,40-,42-,43+,44?,45-,46-/m0/s1. The number of hydrogen-bond acceptors (Lipinski definition) is 17. The normalized spacial score (nSPS) is 57.2. The number of hydrogen-bond donors (Lipinski definition) is 9. The van der Waals surface area contributed by atoms with Gasteiger partial charge < -0.3 is 83.9 Å². The van der Waals surface area contributed by atoms with Gasteiger partial charge in [-0.25, -0.2) is 0 Å². The first-order chi connectivity index (χ1) is 29.6. The van der Waals surface area contributed by atoms with Gasteiger partial charge in [0.15, 0.2) is 24.7 Å². The van der Waals surface area contributed by atoms with Gasteiger partial charge in [-0.2, -0.15) is 0 Å². The van der Waals surface area contributed by atoms with E-state index in [-0.39, 0.29) is 52.8 Å². The molecule has 10 unspecified atom stereocenters. The summed E-state index contributed by atoms with van der Waals surface area (Å²) in [4.78, 5) is 0. The van der Waals surface area contributed by atoms with Gasteiger partial charge >= 0.3 is 0 Å². The van der Waals surface area contributed by atoms with Crippen LogP contribution in [0.1, 0.15) is 99.8 Å². The number of allylic oxidation sites excluding steroid dienone is 1. The van der Waals surface area contributed by atoms with Gasteiger partial charge in [-0.1, -0.05) is 39.3 Å². The Morgan fingerprint density at radius 3 is 2.00 bits per heavy atom. The molecule has 17 heteroatoms. The SMILES string of the molecule is CC(C)=CC1CC(C)(O)C2C3CCC4[C@@]5(C)CC[C@H](O[C@@H]6OC[C@H](O)C(O[C@@H]7OC(CO)[C@@H](O)C(O)[C@@H]7O)[C@@H]6O[C@@H]6O[C@@H](CO)C(O)[C@@H]6O)C(C)(C)C5CC[C@@]4(C)[C@@]34CO[C@@]2(C4)O1. The van der Waals surface area contributed by atoms with Crippen LogP contribution in [0.4, 0.5) is 0 Å². The minimum Gasteiger partial charge on any atom is -0.394 e. The lowest BCUT2D eigenvalue weighted by molar-refractivity contribution is -0.375. The summed E-state index contributed by atoms with van der Waals surface area (Å²) in [5, 5.41) is 96.7. The molecular weight excluding hydrogens is 824 g/mol. The predicted molar refractivity (Wildman–Crippen MR) is 219 cm³/mol. The third-order valence-electron chi connectivity index (χ3n) is 18.4. The van der Waals surface area contributed by atoms with Crippen molar-refractivity contribution >= 4 is 0 Å². The highest BCUT2D eigenvalue weighted by atomic mass is 16.8. The Balaban J connectivity index is 0.969. The third kappa shape index (κ3) is 7.11. The van der Waals surface area contributed by atoms with Crippen LogP contribution in [0.15, 0.2) is 11.6 Å². The van der Waals surface area contributed by atoms with Crippen LogP contribution in [0, 0.1) is 45.3 Å². The van der Waals surface area contributed by atoms with E-state index in [4.69, 9.17) is 37.9 Å². The molecule has 63 heavy (non-hydrogen) atoms. The zero-order valence-electron chi connectivity index (χ0n) is 37.8. The summed E-state index contributed by atoms with van der Waals surface area (Å²) in [7, 11) is 0. The fourth-order valence-electron chi connectivity index (χ4n) is 15.6. The first kappa shape index (κ1) is 47.1. The predicted octanol–water partition coefficient (Wildman–Crippen LogP) is 0.606. The lowest BCUT2D eigenvalue weighted by Gasteiger charge is -2.70. The fraction of sp³-hybridized carbons (Fsp3) is 0.957. The van der Waals surface area contributed by atoms with Gasteiger partial charge in [-0.05, 0) is 93.3 Å². The maximum absolute atomic E-state index is 12.2. The number of fused-ring (bicyclic) bond motifs is 4. The second-order valence-corrected chi connectivity index (χ2v) is 22.5. The summed E-state index contributed by atoms with van der Waals surface area (Å²) in [5.41, 5.74) is -0.453. The molecule has 360 valence electrons. The first-order valence-corrected chi connectivity index (χ1v) is 23.5. The van der Waals surface area contributed by atoms with Gasteiger partial charge in [0.1, 0.15) is 61.0 Å². The highest BCUT2D eigenvalue weighted by molar-refractivity contribution is 5.26. The van der Waals surface area contributed by atoms with Crippen molar-refractivity contribution in [2.24, 2.45) is 45.3 Å². The maximum Gasteiger partial charge on any atom is 0.187 e. The van der Waals surface area contributed by atoms with E-state index < -0.39 is 110 Å². The molecule has 0 amide bonds. The molecule has 0 radical (unpaired) electrons. The summed E-state index contributed by atoms with van der Waals surface area (Å²) in [6.45, 7) is 14.6. The van der Waals surface area contributed by atoms with Crippen LogP contribution in [0.5, 0.6) is 0 Å². The van der Waals surface area contributed by atoms with E-state index in [1.807, 2.05) is 6.92 Å². The summed E-state index contributed by atoms with van der Waals surface area (Å²) in [6, 6.07) is 0. The molecule has 5 saturated heterocycles. The second-order valence-electron chi connectivity index (χ2n) is 22.5. The van der Waals surface area contributed by atoms with Crippen LogP contribution < -0.4 is 0 Å². The Morgan fingerprint density at radius 2 is 1.35 bits per heavy atom. The number of aliphatic hydroxyl groups is 9. The van der Waals surface area contributed by atoms with E-state index >= 15 is 0 Å². The van der Waals surface area contributed by atoms with E-state index in [9.17, 15) is 46.0 Å². The molecule has 9 N–H and O–H groups in total. The molecule has 5 heterocycles. The molecule has 9 rings (SSSR count). The van der Waals surface area contributed by atoms with Crippen molar-refractivity contribution in [2.45, 2.75) is 203 Å². The lowest BCUT2D eigenvalue weighted by atomic mass is 9.35. The molecule has 5 aliphatic heterocycles. The van der Waals surface area contributed by atoms with Crippen molar-refractivity contribution in [1.82, 2.24) is 0 Å². The largest absolute Gasteiger partial charge is 0.394 e. The molecule has 9 aliphatic rings. The Bertz CT molecular complexity index is 1710.